The van der Waals surface area contributed by atoms with Gasteiger partial charge in [-0.25, -0.2) is 4.98 Å². The van der Waals surface area contributed by atoms with E-state index >= 15 is 0 Å². The number of hydrogen-bond acceptors (Lipinski definition) is 5. The number of fused-ring (bicyclic) bond motifs is 1. The van der Waals surface area contributed by atoms with Gasteiger partial charge in [-0.3, -0.25) is 19.1 Å². The number of rotatable bonds is 6. The number of primary amides is 1. The number of carbonyl (C=O) groups excluding carboxylic acids is 3. The Labute approximate surface area is 202 Å². The fourth-order valence-electron chi connectivity index (χ4n) is 3.74. The first-order valence-electron chi connectivity index (χ1n) is 10.7. The Morgan fingerprint density at radius 3 is 2.33 bits per heavy atom. The molecule has 0 spiro atoms. The largest absolute Gasteiger partial charge is 0.437 e. The maximum Gasteiger partial charge on any atom is 0.437 e. The summed E-state index contributed by atoms with van der Waals surface area (Å²) >= 11 is 0. The third-order valence-corrected chi connectivity index (χ3v) is 5.62. The molecule has 2 amide bonds. The first kappa shape index (κ1) is 24.6. The number of benzene rings is 2. The monoisotopic (exact) mass is 495 g/mol. The normalized spacial score (nSPS) is 11.5. The van der Waals surface area contributed by atoms with Crippen LogP contribution in [0.2, 0.25) is 0 Å². The van der Waals surface area contributed by atoms with Crippen LogP contribution >= 0.6 is 0 Å². The van der Waals surface area contributed by atoms with Crippen molar-refractivity contribution in [2.24, 2.45) is 5.73 Å². The quantitative estimate of drug-likeness (QED) is 0.385. The zero-order valence-corrected chi connectivity index (χ0v) is 19.2. The highest BCUT2D eigenvalue weighted by Gasteiger charge is 2.39. The van der Waals surface area contributed by atoms with Crippen molar-refractivity contribution in [1.29, 1.82) is 0 Å². The first-order valence-corrected chi connectivity index (χ1v) is 10.7. The zero-order chi connectivity index (χ0) is 26.2. The molecule has 2 heterocycles. The number of carbonyl (C=O) groups is 3. The molecule has 0 aliphatic carbocycles. The smallest absolute Gasteiger partial charge is 0.366 e. The molecule has 0 aliphatic heterocycles. The Morgan fingerprint density at radius 2 is 1.72 bits per heavy atom. The summed E-state index contributed by atoms with van der Waals surface area (Å²) in [7, 11) is 0. The van der Waals surface area contributed by atoms with Crippen LogP contribution < -0.4 is 11.1 Å². The van der Waals surface area contributed by atoms with Crippen LogP contribution in [-0.2, 0) is 12.7 Å². The van der Waals surface area contributed by atoms with Gasteiger partial charge in [-0.05, 0) is 31.5 Å². The van der Waals surface area contributed by atoms with E-state index in [0.717, 1.165) is 10.7 Å². The Hall–Kier alpha value is -4.54. The van der Waals surface area contributed by atoms with Crippen LogP contribution in [0.25, 0.3) is 10.9 Å². The molecule has 0 saturated heterocycles. The number of nitrogens with one attached hydrogen (secondary N) is 1. The minimum atomic E-state index is -4.85. The minimum absolute atomic E-state index is 0.0169. The van der Waals surface area contributed by atoms with Crippen LogP contribution in [0.4, 0.5) is 18.9 Å². The second-order valence-electron chi connectivity index (χ2n) is 8.11. The SMILES string of the molecule is CC(=O)c1ccc(Cn2nc(C(F)(F)F)c(NC(=O)c3cc(C(N)=O)c4ccccc4n3)c2C)cc1. The van der Waals surface area contributed by atoms with E-state index in [1.165, 1.54) is 13.8 Å². The van der Waals surface area contributed by atoms with Gasteiger partial charge in [0, 0.05) is 10.9 Å². The molecule has 0 bridgehead atoms. The van der Waals surface area contributed by atoms with E-state index in [1.807, 2.05) is 0 Å². The van der Waals surface area contributed by atoms with Gasteiger partial charge >= 0.3 is 6.18 Å². The lowest BCUT2D eigenvalue weighted by Gasteiger charge is -2.10. The Bertz CT molecular complexity index is 1510. The van der Waals surface area contributed by atoms with Crippen LogP contribution in [0.3, 0.4) is 0 Å². The number of pyridine rings is 1. The van der Waals surface area contributed by atoms with Crippen molar-refractivity contribution in [1.82, 2.24) is 14.8 Å². The third kappa shape index (κ3) is 4.81. The highest BCUT2D eigenvalue weighted by atomic mass is 19.4. The molecule has 36 heavy (non-hydrogen) atoms. The summed E-state index contributed by atoms with van der Waals surface area (Å²) in [6, 6.07) is 14.0. The summed E-state index contributed by atoms with van der Waals surface area (Å²) in [5.41, 5.74) is 4.80. The van der Waals surface area contributed by atoms with Gasteiger partial charge in [-0.1, -0.05) is 42.5 Å². The highest BCUT2D eigenvalue weighted by Crippen LogP contribution is 2.36. The van der Waals surface area contributed by atoms with Crippen molar-refractivity contribution < 1.29 is 27.6 Å². The lowest BCUT2D eigenvalue weighted by Crippen LogP contribution is -2.19. The third-order valence-electron chi connectivity index (χ3n) is 5.62. The number of aromatic nitrogens is 3. The molecule has 0 atom stereocenters. The van der Waals surface area contributed by atoms with Crippen molar-refractivity contribution in [3.8, 4) is 0 Å². The Morgan fingerprint density at radius 1 is 1.06 bits per heavy atom. The molecule has 11 heteroatoms. The van der Waals surface area contributed by atoms with Gasteiger partial charge < -0.3 is 11.1 Å². The van der Waals surface area contributed by atoms with Gasteiger partial charge in [0.05, 0.1) is 29.0 Å². The van der Waals surface area contributed by atoms with Crippen LogP contribution in [0, 0.1) is 6.92 Å². The minimum Gasteiger partial charge on any atom is -0.366 e. The fourth-order valence-corrected chi connectivity index (χ4v) is 3.74. The van der Waals surface area contributed by atoms with E-state index in [4.69, 9.17) is 5.73 Å². The summed E-state index contributed by atoms with van der Waals surface area (Å²) < 4.78 is 42.6. The summed E-state index contributed by atoms with van der Waals surface area (Å²) in [6.45, 7) is 2.78. The van der Waals surface area contributed by atoms with E-state index in [0.29, 0.717) is 16.5 Å². The molecule has 4 aromatic rings. The van der Waals surface area contributed by atoms with Crippen LogP contribution in [0.15, 0.2) is 54.6 Å². The molecule has 3 N–H and O–H groups in total. The van der Waals surface area contributed by atoms with Gasteiger partial charge in [-0.2, -0.15) is 18.3 Å². The number of ketones is 1. The topological polar surface area (TPSA) is 120 Å². The number of nitrogens with two attached hydrogens (primary N) is 1. The molecule has 2 aromatic carbocycles. The first-order chi connectivity index (χ1) is 17.0. The summed E-state index contributed by atoms with van der Waals surface area (Å²) in [5, 5.41) is 6.37. The summed E-state index contributed by atoms with van der Waals surface area (Å²) in [5.74, 6) is -1.90. The predicted molar refractivity (Wildman–Crippen MR) is 126 cm³/mol. The predicted octanol–water partition coefficient (Wildman–Crippen LogP) is 4.36. The molecular formula is C25H20F3N5O3. The van der Waals surface area contributed by atoms with Gasteiger partial charge in [0.2, 0.25) is 5.91 Å². The number of halogens is 3. The molecule has 0 radical (unpaired) electrons. The number of anilines is 1. The number of nitrogens with zero attached hydrogens (tertiary/aromatic N) is 3. The van der Waals surface area contributed by atoms with Gasteiger partial charge in [-0.15, -0.1) is 0 Å². The van der Waals surface area contributed by atoms with Crippen LogP contribution in [-0.4, -0.2) is 32.4 Å². The molecule has 4 rings (SSSR count). The molecule has 2 aromatic heterocycles. The van der Waals surface area contributed by atoms with Crippen molar-refractivity contribution >= 4 is 34.2 Å². The van der Waals surface area contributed by atoms with Crippen molar-refractivity contribution in [3.05, 3.63) is 88.4 Å². The molecular weight excluding hydrogens is 475 g/mol. The Balaban J connectivity index is 1.71. The lowest BCUT2D eigenvalue weighted by atomic mass is 10.1. The number of Topliss-reactive ketones (excluding diaryl/α,β-unsaturated/α-hetero) is 1. The maximum atomic E-state index is 13.8. The zero-order valence-electron chi connectivity index (χ0n) is 19.2. The Kier molecular flexibility index (Phi) is 6.32. The van der Waals surface area contributed by atoms with Crippen molar-refractivity contribution in [3.63, 3.8) is 0 Å². The van der Waals surface area contributed by atoms with Crippen molar-refractivity contribution in [2.75, 3.05) is 5.32 Å². The molecule has 0 saturated carbocycles. The number of alkyl halides is 3. The second kappa shape index (κ2) is 9.25. The molecule has 0 aliphatic rings. The number of para-hydroxylation sites is 1. The molecule has 8 nitrogen and oxygen atoms in total. The van der Waals surface area contributed by atoms with Crippen LogP contribution in [0.5, 0.6) is 0 Å². The molecule has 0 unspecified atom stereocenters. The molecule has 0 fully saturated rings. The van der Waals surface area contributed by atoms with E-state index in [1.54, 1.807) is 48.5 Å². The number of hydrogen-bond donors (Lipinski definition) is 2. The van der Waals surface area contributed by atoms with E-state index in [9.17, 15) is 27.6 Å². The standard InChI is InChI=1S/C25H20F3N5O3/c1-13-21(31-24(36)20-11-18(23(29)35)17-5-3-4-6-19(17)30-20)22(25(26,27)28)32-33(13)12-15-7-9-16(10-8-15)14(2)34/h3-11H,12H2,1-2H3,(H2,29,35)(H,31,36). The fraction of sp³-hybridized carbons (Fsp3) is 0.160. The highest BCUT2D eigenvalue weighted by molar-refractivity contribution is 6.10. The van der Waals surface area contributed by atoms with E-state index in [2.05, 4.69) is 15.4 Å². The average molecular weight is 495 g/mol. The molecule has 184 valence electrons. The summed E-state index contributed by atoms with van der Waals surface area (Å²) in [4.78, 5) is 40.5. The number of amides is 2. The van der Waals surface area contributed by atoms with E-state index < -0.39 is 29.4 Å². The van der Waals surface area contributed by atoms with Gasteiger partial charge in [0.15, 0.2) is 11.5 Å². The second-order valence-corrected chi connectivity index (χ2v) is 8.11. The van der Waals surface area contributed by atoms with Crippen LogP contribution in [0.1, 0.15) is 55.1 Å². The maximum absolute atomic E-state index is 13.8. The summed E-state index contributed by atoms with van der Waals surface area (Å²) in [6.07, 6.45) is -4.85. The van der Waals surface area contributed by atoms with Crippen molar-refractivity contribution in [2.45, 2.75) is 26.6 Å². The lowest BCUT2D eigenvalue weighted by molar-refractivity contribution is -0.140. The van der Waals surface area contributed by atoms with Gasteiger partial charge in [0.1, 0.15) is 5.69 Å². The average Bonchev–Trinajstić information content (AvgIpc) is 3.13. The van der Waals surface area contributed by atoms with Gasteiger partial charge in [0.25, 0.3) is 5.91 Å². The van der Waals surface area contributed by atoms with E-state index in [-0.39, 0.29) is 34.8 Å².